The topological polar surface area (TPSA) is 20.3 Å². The molecule has 2 nitrogen and oxygen atoms in total. The number of carbonyl (C=O) groups excluding carboxylic acids is 1. The third-order valence-corrected chi connectivity index (χ3v) is 17.4. The van der Waals surface area contributed by atoms with E-state index in [0.29, 0.717) is 18.7 Å². The molecule has 1 heterocycles. The third kappa shape index (κ3) is 3.27. The van der Waals surface area contributed by atoms with Gasteiger partial charge >= 0.3 is 202 Å². The van der Waals surface area contributed by atoms with Gasteiger partial charge in [0.2, 0.25) is 0 Å². The molecule has 0 N–H and O–H groups in total. The second-order valence-electron chi connectivity index (χ2n) is 8.33. The SMILES string of the molecule is O=C1C(P(Br)(c2ccccc2)(c2ccccc2)c2ccccc2)CCN1c1ccccc1F. The molecule has 5 rings (SSSR count). The van der Waals surface area contributed by atoms with Crippen molar-refractivity contribution in [2.24, 2.45) is 0 Å². The Bertz CT molecular complexity index is 1180. The Morgan fingerprint density at radius 3 is 1.58 bits per heavy atom. The Morgan fingerprint density at radius 1 is 0.697 bits per heavy atom. The van der Waals surface area contributed by atoms with E-state index in [1.165, 1.54) is 6.07 Å². The fourth-order valence-electron chi connectivity index (χ4n) is 5.17. The van der Waals surface area contributed by atoms with E-state index >= 15 is 0 Å². The van der Waals surface area contributed by atoms with E-state index in [9.17, 15) is 9.18 Å². The standard InChI is InChI=1S/C28H24BrFNOP/c29-33(22-12-4-1-5-13-22,23-14-6-2-7-15-23,24-16-8-3-9-17-24)27-20-21-31(28(27)32)26-19-11-10-18-25(26)30/h1-19,27H,20-21H2. The molecule has 1 aliphatic heterocycles. The van der Waals surface area contributed by atoms with Gasteiger partial charge in [0.25, 0.3) is 0 Å². The van der Waals surface area contributed by atoms with Crippen LogP contribution in [0.4, 0.5) is 10.1 Å². The van der Waals surface area contributed by atoms with Crippen LogP contribution in [0, 0.1) is 5.82 Å². The first-order chi connectivity index (χ1) is 16.1. The van der Waals surface area contributed by atoms with E-state index in [1.807, 2.05) is 54.6 Å². The molecule has 1 atom stereocenters. The summed E-state index contributed by atoms with van der Waals surface area (Å²) >= 11 is 4.39. The molecule has 0 spiro atoms. The van der Waals surface area contributed by atoms with Gasteiger partial charge in [0, 0.05) is 0 Å². The number of halogens is 2. The van der Waals surface area contributed by atoms with Crippen LogP contribution in [0.5, 0.6) is 0 Å². The molecule has 4 aromatic carbocycles. The van der Waals surface area contributed by atoms with Gasteiger partial charge < -0.3 is 0 Å². The van der Waals surface area contributed by atoms with Crippen LogP contribution in [0.3, 0.4) is 0 Å². The second kappa shape index (κ2) is 8.52. The summed E-state index contributed by atoms with van der Waals surface area (Å²) < 4.78 is 14.7. The first kappa shape index (κ1) is 22.0. The molecule has 1 fully saturated rings. The molecule has 5 heteroatoms. The van der Waals surface area contributed by atoms with E-state index < -0.39 is 5.31 Å². The van der Waals surface area contributed by atoms with Gasteiger partial charge in [-0.25, -0.2) is 0 Å². The van der Waals surface area contributed by atoms with Gasteiger partial charge in [-0.3, -0.25) is 0 Å². The van der Waals surface area contributed by atoms with Crippen molar-refractivity contribution in [1.29, 1.82) is 0 Å². The molecule has 1 amide bonds. The number of anilines is 1. The fraction of sp³-hybridized carbons (Fsp3) is 0.107. The zero-order valence-corrected chi connectivity index (χ0v) is 20.5. The van der Waals surface area contributed by atoms with Crippen molar-refractivity contribution in [3.63, 3.8) is 0 Å². The summed E-state index contributed by atoms with van der Waals surface area (Å²) in [5.41, 5.74) is -0.0282. The zero-order valence-electron chi connectivity index (χ0n) is 18.0. The number of carbonyl (C=O) groups is 1. The number of hydrogen-bond acceptors (Lipinski definition) is 1. The van der Waals surface area contributed by atoms with Crippen LogP contribution in [0.2, 0.25) is 0 Å². The predicted octanol–water partition coefficient (Wildman–Crippen LogP) is 5.77. The first-order valence-corrected chi connectivity index (χ1v) is 15.3. The van der Waals surface area contributed by atoms with Gasteiger partial charge in [0.05, 0.1) is 0 Å². The van der Waals surface area contributed by atoms with Gasteiger partial charge in [0.1, 0.15) is 0 Å². The van der Waals surface area contributed by atoms with Crippen LogP contribution < -0.4 is 20.8 Å². The van der Waals surface area contributed by atoms with Gasteiger partial charge in [-0.2, -0.15) is 0 Å². The summed E-state index contributed by atoms with van der Waals surface area (Å²) in [5, 5.41) is -0.196. The summed E-state index contributed by atoms with van der Waals surface area (Å²) in [7, 11) is 0. The molecular formula is C28H24BrFNOP. The maximum absolute atomic E-state index is 14.7. The van der Waals surface area contributed by atoms with E-state index in [-0.39, 0.29) is 17.4 Å². The van der Waals surface area contributed by atoms with E-state index in [4.69, 9.17) is 0 Å². The third-order valence-electron chi connectivity index (χ3n) is 6.69. The van der Waals surface area contributed by atoms with Crippen molar-refractivity contribution >= 4 is 48.3 Å². The van der Waals surface area contributed by atoms with Crippen LogP contribution in [0.1, 0.15) is 6.42 Å². The van der Waals surface area contributed by atoms with Gasteiger partial charge in [0.15, 0.2) is 0 Å². The Morgan fingerprint density at radius 2 is 1.12 bits per heavy atom. The Hall–Kier alpha value is -2.81. The summed E-state index contributed by atoms with van der Waals surface area (Å²) in [4.78, 5) is 15.8. The van der Waals surface area contributed by atoms with Crippen molar-refractivity contribution in [3.05, 3.63) is 121 Å². The molecule has 0 aliphatic carbocycles. The number of rotatable bonds is 5. The molecule has 0 aromatic heterocycles. The molecule has 0 bridgehead atoms. The average Bonchev–Trinajstić information content (AvgIpc) is 3.27. The molecule has 0 saturated carbocycles. The summed E-state index contributed by atoms with van der Waals surface area (Å²) in [6.45, 7) is 0.473. The number of para-hydroxylation sites is 1. The van der Waals surface area contributed by atoms with Crippen LogP contribution in [-0.2, 0) is 4.79 Å². The summed E-state index contributed by atoms with van der Waals surface area (Å²) in [6.07, 6.45) is 0.620. The van der Waals surface area contributed by atoms with Crippen LogP contribution in [0.15, 0.2) is 115 Å². The molecule has 1 aliphatic rings. The number of benzene rings is 4. The first-order valence-electron chi connectivity index (χ1n) is 11.0. The van der Waals surface area contributed by atoms with Crippen LogP contribution in [-0.4, -0.2) is 18.1 Å². The van der Waals surface area contributed by atoms with Gasteiger partial charge in [-0.15, -0.1) is 0 Å². The summed E-state index contributed by atoms with van der Waals surface area (Å²) in [6, 6.07) is 37.4. The summed E-state index contributed by atoms with van der Waals surface area (Å²) in [5.74, 6) is -0.424. The number of nitrogens with zero attached hydrogens (tertiary/aromatic N) is 1. The van der Waals surface area contributed by atoms with Crippen molar-refractivity contribution in [2.75, 3.05) is 11.4 Å². The van der Waals surface area contributed by atoms with E-state index in [0.717, 1.165) is 15.9 Å². The quantitative estimate of drug-likeness (QED) is 0.306. The van der Waals surface area contributed by atoms with Gasteiger partial charge in [-0.05, 0) is 0 Å². The molecule has 33 heavy (non-hydrogen) atoms. The fourth-order valence-corrected chi connectivity index (χ4v) is 13.8. The molecule has 1 saturated heterocycles. The zero-order chi connectivity index (χ0) is 22.9. The minimum atomic E-state index is -3.47. The van der Waals surface area contributed by atoms with Crippen molar-refractivity contribution in [1.82, 2.24) is 0 Å². The van der Waals surface area contributed by atoms with Crippen molar-refractivity contribution in [2.45, 2.75) is 12.1 Å². The van der Waals surface area contributed by atoms with Crippen LogP contribution in [0.25, 0.3) is 0 Å². The Kier molecular flexibility index (Phi) is 5.68. The normalized spacial score (nSPS) is 17.5. The van der Waals surface area contributed by atoms with E-state index in [1.54, 1.807) is 23.1 Å². The van der Waals surface area contributed by atoms with Crippen molar-refractivity contribution in [3.8, 4) is 0 Å². The van der Waals surface area contributed by atoms with Gasteiger partial charge in [-0.1, -0.05) is 0 Å². The minimum absolute atomic E-state index is 0.0498. The maximum atomic E-state index is 14.7. The number of hydrogen-bond donors (Lipinski definition) is 0. The predicted molar refractivity (Wildman–Crippen MR) is 141 cm³/mol. The van der Waals surface area contributed by atoms with E-state index in [2.05, 4.69) is 51.9 Å². The Balaban J connectivity index is 1.81. The number of amides is 1. The molecule has 1 unspecified atom stereocenters. The average molecular weight is 520 g/mol. The molecule has 4 aromatic rings. The monoisotopic (exact) mass is 519 g/mol. The Labute approximate surface area is 201 Å². The second-order valence-corrected chi connectivity index (χ2v) is 17.1. The van der Waals surface area contributed by atoms with Crippen molar-refractivity contribution < 1.29 is 9.18 Å². The van der Waals surface area contributed by atoms with Crippen LogP contribution >= 0.6 is 20.8 Å². The molecular weight excluding hydrogens is 496 g/mol. The molecule has 0 radical (unpaired) electrons. The molecule has 166 valence electrons.